The zero-order valence-electron chi connectivity index (χ0n) is 20.8. The van der Waals surface area contributed by atoms with E-state index in [1.165, 1.54) is 5.56 Å². The average molecular weight is 477 g/mol. The van der Waals surface area contributed by atoms with E-state index in [9.17, 15) is 0 Å². The number of hydrogen-bond donors (Lipinski definition) is 0. The maximum absolute atomic E-state index is 6.34. The largest absolute Gasteiger partial charge is 0.493 e. The van der Waals surface area contributed by atoms with Crippen LogP contribution >= 0.6 is 11.8 Å². The molecule has 1 saturated carbocycles. The predicted octanol–water partition coefficient (Wildman–Crippen LogP) is 6.04. The van der Waals surface area contributed by atoms with Crippen LogP contribution in [0.25, 0.3) is 0 Å². The van der Waals surface area contributed by atoms with Crippen molar-refractivity contribution in [1.29, 1.82) is 0 Å². The van der Waals surface area contributed by atoms with Crippen molar-refractivity contribution in [1.82, 2.24) is 0 Å². The highest BCUT2D eigenvalue weighted by atomic mass is 32.2. The molecule has 0 spiro atoms. The lowest BCUT2D eigenvalue weighted by Gasteiger charge is -2.36. The van der Waals surface area contributed by atoms with Crippen LogP contribution in [-0.2, 0) is 10.3 Å². The molecule has 0 N–H and O–H groups in total. The molecule has 33 heavy (non-hydrogen) atoms. The van der Waals surface area contributed by atoms with Crippen molar-refractivity contribution in [3.63, 3.8) is 0 Å². The first-order valence-electron chi connectivity index (χ1n) is 11.3. The molecular weight excluding hydrogens is 440 g/mol. The monoisotopic (exact) mass is 476 g/mol. The van der Waals surface area contributed by atoms with E-state index in [0.29, 0.717) is 23.9 Å². The summed E-state index contributed by atoms with van der Waals surface area (Å²) in [7, 11) is 8.37. The lowest BCUT2D eigenvalue weighted by Crippen LogP contribution is -2.31. The van der Waals surface area contributed by atoms with Crippen molar-refractivity contribution in [2.24, 2.45) is 0 Å². The van der Waals surface area contributed by atoms with Crippen LogP contribution in [0, 0.1) is 0 Å². The summed E-state index contributed by atoms with van der Waals surface area (Å²) in [6.45, 7) is 2.75. The summed E-state index contributed by atoms with van der Waals surface area (Å²) >= 11 is 1.67. The van der Waals surface area contributed by atoms with Gasteiger partial charge in [-0.25, -0.2) is 0 Å². The molecule has 1 aliphatic carbocycles. The van der Waals surface area contributed by atoms with Crippen LogP contribution in [0.4, 0.5) is 0 Å². The van der Waals surface area contributed by atoms with E-state index in [-0.39, 0.29) is 5.92 Å². The van der Waals surface area contributed by atoms with Gasteiger partial charge in [-0.05, 0) is 67.3 Å². The Morgan fingerprint density at radius 3 is 2.03 bits per heavy atom. The Kier molecular flexibility index (Phi) is 8.65. The molecule has 1 fully saturated rings. The van der Waals surface area contributed by atoms with Crippen LogP contribution in [0.5, 0.6) is 28.7 Å². The van der Waals surface area contributed by atoms with E-state index in [2.05, 4.69) is 25.3 Å². The van der Waals surface area contributed by atoms with Gasteiger partial charge < -0.3 is 28.4 Å². The van der Waals surface area contributed by atoms with Crippen LogP contribution in [0.3, 0.4) is 0 Å². The third-order valence-electron chi connectivity index (χ3n) is 6.46. The Labute approximate surface area is 201 Å². The highest BCUT2D eigenvalue weighted by molar-refractivity contribution is 7.98. The summed E-state index contributed by atoms with van der Waals surface area (Å²) in [6, 6.07) is 8.34. The number of ether oxygens (including phenoxy) is 6. The first-order valence-corrected chi connectivity index (χ1v) is 12.5. The van der Waals surface area contributed by atoms with Crippen LogP contribution < -0.4 is 23.7 Å². The minimum absolute atomic E-state index is 0.130. The second-order valence-corrected chi connectivity index (χ2v) is 8.90. The molecular formula is C26H36O6S. The Bertz CT molecular complexity index is 896. The quantitative estimate of drug-likeness (QED) is 0.366. The van der Waals surface area contributed by atoms with Gasteiger partial charge in [0.15, 0.2) is 23.0 Å². The van der Waals surface area contributed by atoms with E-state index in [1.54, 1.807) is 47.3 Å². The summed E-state index contributed by atoms with van der Waals surface area (Å²) in [5, 5.41) is 0. The Hall–Kier alpha value is -2.25. The molecule has 3 rings (SSSR count). The smallest absolute Gasteiger partial charge is 0.203 e. The van der Waals surface area contributed by atoms with Gasteiger partial charge in [-0.3, -0.25) is 0 Å². The first kappa shape index (κ1) is 25.4. The summed E-state index contributed by atoms with van der Waals surface area (Å²) in [5.74, 6) is 3.52. The maximum atomic E-state index is 6.34. The molecule has 0 saturated heterocycles. The Morgan fingerprint density at radius 1 is 0.879 bits per heavy atom. The number of thioether (sulfide) groups is 1. The van der Waals surface area contributed by atoms with E-state index in [1.807, 2.05) is 12.1 Å². The zero-order valence-corrected chi connectivity index (χ0v) is 21.6. The van der Waals surface area contributed by atoms with Crippen molar-refractivity contribution in [3.05, 3.63) is 35.4 Å². The van der Waals surface area contributed by atoms with Gasteiger partial charge in [-0.2, -0.15) is 0 Å². The maximum Gasteiger partial charge on any atom is 0.203 e. The molecule has 0 bridgehead atoms. The molecule has 0 heterocycles. The summed E-state index contributed by atoms with van der Waals surface area (Å²) < 4.78 is 34.9. The molecule has 2 atom stereocenters. The Balaban J connectivity index is 2.15. The molecule has 0 aromatic heterocycles. The fourth-order valence-electron chi connectivity index (χ4n) is 4.89. The SMILES string of the molecule is CCCOc1c(OC)cc(C2CCCC2(OC)c2cc(OC)c(OC)c(OC)c2)cc1SC. The van der Waals surface area contributed by atoms with Gasteiger partial charge in [0.2, 0.25) is 5.75 Å². The highest BCUT2D eigenvalue weighted by Crippen LogP contribution is 2.55. The van der Waals surface area contributed by atoms with Gasteiger partial charge >= 0.3 is 0 Å². The molecule has 182 valence electrons. The van der Waals surface area contributed by atoms with Crippen LogP contribution in [0.15, 0.2) is 29.2 Å². The van der Waals surface area contributed by atoms with Gasteiger partial charge in [0.25, 0.3) is 0 Å². The van der Waals surface area contributed by atoms with Crippen molar-refractivity contribution >= 4 is 11.8 Å². The van der Waals surface area contributed by atoms with Gasteiger partial charge in [0, 0.05) is 13.0 Å². The van der Waals surface area contributed by atoms with Gasteiger partial charge in [-0.1, -0.05) is 6.92 Å². The van der Waals surface area contributed by atoms with Gasteiger partial charge in [0.05, 0.1) is 45.5 Å². The third-order valence-corrected chi connectivity index (χ3v) is 7.20. The first-order chi connectivity index (χ1) is 16.0. The summed E-state index contributed by atoms with van der Waals surface area (Å²) in [5.41, 5.74) is 1.66. The molecule has 2 aromatic carbocycles. The standard InChI is InChI=1S/C26H36O6S/c1-8-12-32-25-20(27-2)13-17(14-23(25)33-7)19-10-9-11-26(19,31-6)18-15-21(28-3)24(30-5)22(16-18)29-4/h13-16,19H,8-12H2,1-7H3. The number of hydrogen-bond acceptors (Lipinski definition) is 7. The minimum atomic E-state index is -0.528. The molecule has 1 aliphatic rings. The highest BCUT2D eigenvalue weighted by Gasteiger charge is 2.46. The molecule has 0 aliphatic heterocycles. The molecule has 0 amide bonds. The van der Waals surface area contributed by atoms with Crippen LogP contribution in [-0.4, -0.2) is 48.4 Å². The van der Waals surface area contributed by atoms with E-state index >= 15 is 0 Å². The number of benzene rings is 2. The van der Waals surface area contributed by atoms with E-state index < -0.39 is 5.60 Å². The molecule has 0 radical (unpaired) electrons. The third kappa shape index (κ3) is 4.71. The second kappa shape index (κ2) is 11.3. The van der Waals surface area contributed by atoms with Crippen LogP contribution in [0.2, 0.25) is 0 Å². The van der Waals surface area contributed by atoms with E-state index in [4.69, 9.17) is 28.4 Å². The molecule has 2 unspecified atom stereocenters. The summed E-state index contributed by atoms with van der Waals surface area (Å²) in [4.78, 5) is 1.07. The molecule has 6 nitrogen and oxygen atoms in total. The fourth-order valence-corrected chi connectivity index (χ4v) is 5.49. The van der Waals surface area contributed by atoms with Crippen molar-refractivity contribution in [2.45, 2.75) is 49.0 Å². The van der Waals surface area contributed by atoms with Crippen molar-refractivity contribution in [3.8, 4) is 28.7 Å². The lowest BCUT2D eigenvalue weighted by molar-refractivity contribution is -0.0242. The Morgan fingerprint density at radius 2 is 1.52 bits per heavy atom. The normalized spacial score (nSPS) is 19.9. The van der Waals surface area contributed by atoms with E-state index in [0.717, 1.165) is 47.6 Å². The number of methoxy groups -OCH3 is 5. The van der Waals surface area contributed by atoms with Crippen LogP contribution in [0.1, 0.15) is 49.7 Å². The topological polar surface area (TPSA) is 55.4 Å². The molecule has 7 heteroatoms. The van der Waals surface area contributed by atoms with Gasteiger partial charge in [-0.15, -0.1) is 11.8 Å². The van der Waals surface area contributed by atoms with Gasteiger partial charge in [0.1, 0.15) is 0 Å². The molecule has 2 aromatic rings. The lowest BCUT2D eigenvalue weighted by atomic mass is 9.79. The second-order valence-electron chi connectivity index (χ2n) is 8.06. The zero-order chi connectivity index (χ0) is 24.0. The van der Waals surface area contributed by atoms with Crippen molar-refractivity contribution in [2.75, 3.05) is 48.4 Å². The fraction of sp³-hybridized carbons (Fsp3) is 0.538. The van der Waals surface area contributed by atoms with Crippen molar-refractivity contribution < 1.29 is 28.4 Å². The predicted molar refractivity (Wildman–Crippen MR) is 132 cm³/mol. The number of rotatable bonds is 11. The summed E-state index contributed by atoms with van der Waals surface area (Å²) in [6.07, 6.45) is 5.93. The average Bonchev–Trinajstić information content (AvgIpc) is 3.31. The minimum Gasteiger partial charge on any atom is -0.493 e.